The minimum absolute atomic E-state index is 0.195. The molecule has 8 heterocycles. The molecule has 4 amide bonds. The zero-order chi connectivity index (χ0) is 75.7. The Hall–Kier alpha value is -7.30. The number of amides is 4. The van der Waals surface area contributed by atoms with Gasteiger partial charge < -0.3 is 60.6 Å². The molecule has 26 nitrogen and oxygen atoms in total. The van der Waals surface area contributed by atoms with Gasteiger partial charge in [-0.15, -0.1) is 0 Å². The van der Waals surface area contributed by atoms with Crippen LogP contribution in [0, 0.1) is 27.7 Å². The number of aldehydes is 2. The summed E-state index contributed by atoms with van der Waals surface area (Å²) in [7, 11) is 0. The molecule has 4 aliphatic rings. The van der Waals surface area contributed by atoms with Gasteiger partial charge in [0.15, 0.2) is 12.6 Å². The smallest absolute Gasteiger partial charge is 0.410 e. The van der Waals surface area contributed by atoms with Gasteiger partial charge in [-0.2, -0.15) is 0 Å². The van der Waals surface area contributed by atoms with Crippen LogP contribution in [0.5, 0.6) is 0 Å². The number of rotatable bonds is 20. The van der Waals surface area contributed by atoms with E-state index in [1.165, 1.54) is 11.1 Å². The maximum atomic E-state index is 12.1. The molecule has 4 aromatic heterocycles. The first-order valence-electron chi connectivity index (χ1n) is 36.4. The topological polar surface area (TPSA) is 293 Å². The van der Waals surface area contributed by atoms with E-state index in [4.69, 9.17) is 30.4 Å². The van der Waals surface area contributed by atoms with Crippen molar-refractivity contribution in [3.63, 3.8) is 0 Å². The Balaban J connectivity index is 0.000000330. The second-order valence-electron chi connectivity index (χ2n) is 29.9. The van der Waals surface area contributed by atoms with Crippen LogP contribution in [0.2, 0.25) is 0 Å². The molecule has 6 N–H and O–H groups in total. The number of aryl methyl sites for hydroxylation is 4. The maximum absolute atomic E-state index is 12.1. The summed E-state index contributed by atoms with van der Waals surface area (Å²) in [5.74, 6) is 0. The van der Waals surface area contributed by atoms with E-state index >= 15 is 0 Å². The Bertz CT molecular complexity index is 2940. The molecule has 4 fully saturated rings. The zero-order valence-electron chi connectivity index (χ0n) is 64.9. The third kappa shape index (κ3) is 40.5. The van der Waals surface area contributed by atoms with Crippen molar-refractivity contribution < 1.29 is 47.7 Å². The first-order valence-corrected chi connectivity index (χ1v) is 36.4. The summed E-state index contributed by atoms with van der Waals surface area (Å²) in [5.41, 5.74) is 16.9. The van der Waals surface area contributed by atoms with Crippen LogP contribution in [0.15, 0.2) is 73.3 Å². The summed E-state index contributed by atoms with van der Waals surface area (Å²) in [6.07, 6.45) is 12.0. The highest BCUT2D eigenvalue weighted by atomic mass is 16.6. The van der Waals surface area contributed by atoms with Crippen molar-refractivity contribution in [2.75, 3.05) is 157 Å². The van der Waals surface area contributed by atoms with Crippen LogP contribution in [-0.2, 0) is 32.0 Å². The van der Waals surface area contributed by atoms with Gasteiger partial charge in [-0.25, -0.2) is 19.2 Å². The molecule has 0 radical (unpaired) electrons. The Kier molecular flexibility index (Phi) is 41.1. The van der Waals surface area contributed by atoms with Crippen molar-refractivity contribution in [3.05, 3.63) is 118 Å². The van der Waals surface area contributed by atoms with Gasteiger partial charge >= 0.3 is 24.4 Å². The van der Waals surface area contributed by atoms with Gasteiger partial charge in [0.2, 0.25) is 0 Å². The summed E-state index contributed by atoms with van der Waals surface area (Å²) in [6, 6.07) is 15.4. The second-order valence-corrected chi connectivity index (χ2v) is 29.9. The van der Waals surface area contributed by atoms with E-state index in [-0.39, 0.29) is 24.4 Å². The van der Waals surface area contributed by atoms with Crippen LogP contribution < -0.4 is 22.1 Å². The predicted octanol–water partition coefficient (Wildman–Crippen LogP) is 9.03. The third-order valence-corrected chi connectivity index (χ3v) is 16.0. The number of hydrogen-bond donors (Lipinski definition) is 4. The fourth-order valence-electron chi connectivity index (χ4n) is 10.3. The highest BCUT2D eigenvalue weighted by Crippen LogP contribution is 2.17. The van der Waals surface area contributed by atoms with Crippen molar-refractivity contribution in [1.82, 2.24) is 69.8 Å². The van der Waals surface area contributed by atoms with Crippen LogP contribution in [0.25, 0.3) is 0 Å². The minimum atomic E-state index is -0.425. The van der Waals surface area contributed by atoms with Crippen molar-refractivity contribution in [2.24, 2.45) is 11.5 Å². The number of nitrogens with one attached hydrogen (secondary N) is 2. The fraction of sp³-hybridized carbons (Fsp3) is 0.658. The van der Waals surface area contributed by atoms with Gasteiger partial charge in [0.1, 0.15) is 33.8 Å². The molecule has 572 valence electrons. The molecule has 0 aromatic carbocycles. The van der Waals surface area contributed by atoms with Crippen molar-refractivity contribution >= 4 is 36.9 Å². The van der Waals surface area contributed by atoms with E-state index in [0.717, 1.165) is 231 Å². The first-order chi connectivity index (χ1) is 48.2. The SMILES string of the molecule is CC(C)(C)OC(=O)N1CCN(CCCN)CC1.CC(C)(C)OC(=O)N1CCN(CCCN)CC1.Cc1ccc(C=O)nc1.Cc1ccc(CNCCCN2CCN(C(=O)OC(C)(C)C)CC2)nc1.Cc1cccnc1C=O.Cc1cccnc1CNCCCN1CCN(C(=O)OC(C)(C)C)CC1. The van der Waals surface area contributed by atoms with Gasteiger partial charge in [-0.1, -0.05) is 24.3 Å². The Labute approximate surface area is 610 Å². The number of pyridine rings is 4. The summed E-state index contributed by atoms with van der Waals surface area (Å²) in [4.78, 5) is 101. The predicted molar refractivity (Wildman–Crippen MR) is 404 cm³/mol. The molecule has 4 aromatic rings. The molecule has 4 saturated heterocycles. The van der Waals surface area contributed by atoms with E-state index < -0.39 is 22.4 Å². The molecule has 26 heteroatoms. The third-order valence-electron chi connectivity index (χ3n) is 16.0. The van der Waals surface area contributed by atoms with E-state index in [0.29, 0.717) is 11.4 Å². The molecule has 0 unspecified atom stereocenters. The summed E-state index contributed by atoms with van der Waals surface area (Å²) < 4.78 is 21.5. The number of nitrogens with two attached hydrogens (primary N) is 2. The number of ether oxygens (including phenoxy) is 4. The number of piperazine rings is 4. The number of carbonyl (C=O) groups excluding carboxylic acids is 6. The molecule has 4 aliphatic heterocycles. The second kappa shape index (κ2) is 47.1. The Morgan fingerprint density at radius 3 is 1.06 bits per heavy atom. The number of hydrogen-bond acceptors (Lipinski definition) is 22. The number of carbonyl (C=O) groups is 6. The van der Waals surface area contributed by atoms with E-state index in [9.17, 15) is 28.8 Å². The average Bonchev–Trinajstić information content (AvgIpc) is 0.890. The van der Waals surface area contributed by atoms with Gasteiger partial charge in [0, 0.05) is 143 Å². The Morgan fingerprint density at radius 2 is 0.765 bits per heavy atom. The van der Waals surface area contributed by atoms with Crippen molar-refractivity contribution in [3.8, 4) is 0 Å². The molecule has 0 bridgehead atoms. The lowest BCUT2D eigenvalue weighted by atomic mass is 10.2. The molecule has 0 aliphatic carbocycles. The molecule has 0 saturated carbocycles. The molecular weight excluding hydrogens is 1300 g/mol. The monoisotopic (exact) mass is 1420 g/mol. The van der Waals surface area contributed by atoms with Crippen LogP contribution in [-0.4, -0.2) is 276 Å². The van der Waals surface area contributed by atoms with E-state index in [1.54, 1.807) is 28.3 Å². The summed E-state index contributed by atoms with van der Waals surface area (Å²) in [6.45, 7) is 53.2. The van der Waals surface area contributed by atoms with Gasteiger partial charge in [-0.3, -0.25) is 49.1 Å². The molecule has 0 atom stereocenters. The zero-order valence-corrected chi connectivity index (χ0v) is 64.9. The number of aromatic nitrogens is 4. The maximum Gasteiger partial charge on any atom is 0.410 e. The molecule has 0 spiro atoms. The van der Waals surface area contributed by atoms with E-state index in [1.807, 2.05) is 150 Å². The number of nitrogens with zero attached hydrogens (tertiary/aromatic N) is 12. The lowest BCUT2D eigenvalue weighted by molar-refractivity contribution is 0.0135. The molecule has 8 rings (SSSR count). The quantitative estimate of drug-likeness (QED) is 0.0364. The van der Waals surface area contributed by atoms with Crippen molar-refractivity contribution in [1.29, 1.82) is 0 Å². The van der Waals surface area contributed by atoms with E-state index in [2.05, 4.69) is 75.3 Å². The summed E-state index contributed by atoms with van der Waals surface area (Å²) >= 11 is 0. The first kappa shape index (κ1) is 88.9. The molecular formula is C76H128N16O10. The Morgan fingerprint density at radius 1 is 0.422 bits per heavy atom. The van der Waals surface area contributed by atoms with Crippen LogP contribution in [0.1, 0.15) is 163 Å². The minimum Gasteiger partial charge on any atom is -0.444 e. The van der Waals surface area contributed by atoms with Crippen LogP contribution in [0.4, 0.5) is 19.2 Å². The lowest BCUT2D eigenvalue weighted by Crippen LogP contribution is -2.50. The lowest BCUT2D eigenvalue weighted by Gasteiger charge is -2.35. The highest BCUT2D eigenvalue weighted by Gasteiger charge is 2.30. The van der Waals surface area contributed by atoms with Crippen molar-refractivity contribution in [2.45, 2.75) is 172 Å². The average molecular weight is 1430 g/mol. The standard InChI is InChI=1S/2C19H32N4O2.2C12H25N3O2.2C7H7NO/c1-16-6-7-17(21-14-16)15-20-8-5-9-22-10-12-23(13-11-22)18(24)25-19(2,3)4;1-16-7-5-9-21-17(16)15-20-8-6-10-22-11-13-23(14-12-22)18(24)25-19(2,3)4;2*1-12(2,3)17-11(16)15-9-7-14(8-10-15)6-4-5-13;1-6-2-3-7(5-9)8-4-6;1-6-3-2-4-8-7(6)5-9/h6-7,14,20H,5,8-13,15H2,1-4H3;5,7,9,20H,6,8,10-15H2,1-4H3;2*4-10,13H2,1-3H3;2*2-5H,1H3. The van der Waals surface area contributed by atoms with Gasteiger partial charge in [0.25, 0.3) is 0 Å². The highest BCUT2D eigenvalue weighted by molar-refractivity contribution is 5.74. The summed E-state index contributed by atoms with van der Waals surface area (Å²) in [5, 5.41) is 6.90. The normalized spacial score (nSPS) is 15.5. The van der Waals surface area contributed by atoms with Gasteiger partial charge in [-0.05, 0) is 235 Å². The largest absolute Gasteiger partial charge is 0.444 e. The van der Waals surface area contributed by atoms with Gasteiger partial charge in [0.05, 0.1) is 11.4 Å². The fourth-order valence-corrected chi connectivity index (χ4v) is 10.3. The molecule has 102 heavy (non-hydrogen) atoms. The van der Waals surface area contributed by atoms with Crippen LogP contribution in [0.3, 0.4) is 0 Å². The van der Waals surface area contributed by atoms with Crippen LogP contribution >= 0.6 is 0 Å².